The Kier molecular flexibility index (Phi) is 5.50. The fraction of sp³-hybridized carbons (Fsp3) is 0.471. The molecule has 0 radical (unpaired) electrons. The molecule has 1 aromatic carbocycles. The third-order valence-electron chi connectivity index (χ3n) is 4.21. The lowest BCUT2D eigenvalue weighted by atomic mass is 10.0. The summed E-state index contributed by atoms with van der Waals surface area (Å²) in [6.07, 6.45) is 1.75. The van der Waals surface area contributed by atoms with Gasteiger partial charge in [-0.2, -0.15) is 0 Å². The summed E-state index contributed by atoms with van der Waals surface area (Å²) < 4.78 is 1.62. The van der Waals surface area contributed by atoms with Gasteiger partial charge in [-0.3, -0.25) is 4.79 Å². The molecule has 1 amide bonds. The summed E-state index contributed by atoms with van der Waals surface area (Å²) in [5.74, 6) is -0.0998. The molecule has 23 heavy (non-hydrogen) atoms. The Labute approximate surface area is 137 Å². The van der Waals surface area contributed by atoms with Crippen molar-refractivity contribution in [3.8, 4) is 0 Å². The summed E-state index contributed by atoms with van der Waals surface area (Å²) in [4.78, 5) is 12.7. The second-order valence-electron chi connectivity index (χ2n) is 5.59. The Balaban J connectivity index is 2.26. The average molecular weight is 315 g/mol. The minimum atomic E-state index is -0.447. The number of hydrogen-bond donors (Lipinski definition) is 2. The van der Waals surface area contributed by atoms with Gasteiger partial charge in [0.2, 0.25) is 5.91 Å². The number of para-hydroxylation sites is 1. The molecule has 1 aromatic heterocycles. The predicted octanol–water partition coefficient (Wildman–Crippen LogP) is 2.37. The van der Waals surface area contributed by atoms with Gasteiger partial charge in [0.25, 0.3) is 0 Å². The molecule has 2 rings (SSSR count). The standard InChI is InChI=1S/C17H25N5O/c1-5-13-8-7-9-14(6-2)16(13)19-17(23)12(4)22-11(3)15(10-18)20-21-22/h7-9,12H,5-6,10,18H2,1-4H3,(H,19,23). The number of aryl methyl sites for hydroxylation is 2. The van der Waals surface area contributed by atoms with E-state index in [9.17, 15) is 4.79 Å². The van der Waals surface area contributed by atoms with Crippen LogP contribution in [0.2, 0.25) is 0 Å². The molecule has 0 aliphatic carbocycles. The molecule has 0 aliphatic rings. The zero-order valence-corrected chi connectivity index (χ0v) is 14.3. The lowest BCUT2D eigenvalue weighted by Gasteiger charge is -2.18. The van der Waals surface area contributed by atoms with Gasteiger partial charge in [-0.1, -0.05) is 37.3 Å². The largest absolute Gasteiger partial charge is 0.325 e. The molecule has 0 saturated heterocycles. The van der Waals surface area contributed by atoms with E-state index >= 15 is 0 Å². The van der Waals surface area contributed by atoms with Crippen LogP contribution in [0.3, 0.4) is 0 Å². The monoisotopic (exact) mass is 315 g/mol. The van der Waals surface area contributed by atoms with Gasteiger partial charge < -0.3 is 11.1 Å². The molecule has 6 nitrogen and oxygen atoms in total. The summed E-state index contributed by atoms with van der Waals surface area (Å²) in [7, 11) is 0. The van der Waals surface area contributed by atoms with E-state index in [0.717, 1.165) is 35.3 Å². The maximum Gasteiger partial charge on any atom is 0.249 e. The lowest BCUT2D eigenvalue weighted by Crippen LogP contribution is -2.26. The fourth-order valence-corrected chi connectivity index (χ4v) is 2.67. The van der Waals surface area contributed by atoms with Crippen molar-refractivity contribution in [2.45, 2.75) is 53.1 Å². The van der Waals surface area contributed by atoms with Gasteiger partial charge in [0.1, 0.15) is 6.04 Å². The average Bonchev–Trinajstić information content (AvgIpc) is 2.94. The van der Waals surface area contributed by atoms with Crippen LogP contribution in [0.15, 0.2) is 18.2 Å². The predicted molar refractivity (Wildman–Crippen MR) is 91.2 cm³/mol. The Morgan fingerprint density at radius 1 is 1.30 bits per heavy atom. The number of nitrogens with two attached hydrogens (primary N) is 1. The van der Waals surface area contributed by atoms with Crippen LogP contribution >= 0.6 is 0 Å². The fourth-order valence-electron chi connectivity index (χ4n) is 2.67. The van der Waals surface area contributed by atoms with Crippen LogP contribution in [0, 0.1) is 6.92 Å². The number of benzene rings is 1. The van der Waals surface area contributed by atoms with Crippen LogP contribution in [0.25, 0.3) is 0 Å². The van der Waals surface area contributed by atoms with Crippen molar-refractivity contribution in [2.24, 2.45) is 5.73 Å². The molecule has 1 atom stereocenters. The van der Waals surface area contributed by atoms with E-state index in [1.54, 1.807) is 4.68 Å². The van der Waals surface area contributed by atoms with Crippen LogP contribution in [-0.4, -0.2) is 20.9 Å². The first kappa shape index (κ1) is 17.1. The highest BCUT2D eigenvalue weighted by Gasteiger charge is 2.21. The van der Waals surface area contributed by atoms with E-state index in [0.29, 0.717) is 12.2 Å². The SMILES string of the molecule is CCc1cccc(CC)c1NC(=O)C(C)n1nnc(CN)c1C. The zero-order valence-electron chi connectivity index (χ0n) is 14.3. The van der Waals surface area contributed by atoms with Gasteiger partial charge in [0, 0.05) is 12.2 Å². The first-order valence-electron chi connectivity index (χ1n) is 8.05. The van der Waals surface area contributed by atoms with Gasteiger partial charge in [0.05, 0.1) is 11.4 Å². The summed E-state index contributed by atoms with van der Waals surface area (Å²) in [6, 6.07) is 5.68. The topological polar surface area (TPSA) is 85.8 Å². The molecular formula is C17H25N5O. The number of nitrogens with one attached hydrogen (secondary N) is 1. The number of carbonyl (C=O) groups is 1. The normalized spacial score (nSPS) is 12.2. The van der Waals surface area contributed by atoms with E-state index in [-0.39, 0.29) is 5.91 Å². The molecule has 1 unspecified atom stereocenters. The van der Waals surface area contributed by atoms with Crippen LogP contribution in [-0.2, 0) is 24.2 Å². The van der Waals surface area contributed by atoms with Gasteiger partial charge >= 0.3 is 0 Å². The number of rotatable bonds is 6. The molecule has 3 N–H and O–H groups in total. The maximum atomic E-state index is 12.7. The van der Waals surface area contributed by atoms with Gasteiger partial charge in [-0.25, -0.2) is 4.68 Å². The molecule has 1 heterocycles. The molecule has 0 saturated carbocycles. The van der Waals surface area contributed by atoms with Crippen molar-refractivity contribution in [3.63, 3.8) is 0 Å². The quantitative estimate of drug-likeness (QED) is 0.857. The molecule has 0 fully saturated rings. The van der Waals surface area contributed by atoms with Crippen molar-refractivity contribution in [3.05, 3.63) is 40.7 Å². The Hall–Kier alpha value is -2.21. The van der Waals surface area contributed by atoms with E-state index < -0.39 is 6.04 Å². The minimum Gasteiger partial charge on any atom is -0.325 e. The first-order chi connectivity index (χ1) is 11.0. The summed E-state index contributed by atoms with van der Waals surface area (Å²) in [5.41, 5.74) is 10.4. The number of hydrogen-bond acceptors (Lipinski definition) is 4. The highest BCUT2D eigenvalue weighted by Crippen LogP contribution is 2.24. The number of aromatic nitrogens is 3. The Morgan fingerprint density at radius 2 is 1.91 bits per heavy atom. The Morgan fingerprint density at radius 3 is 2.39 bits per heavy atom. The van der Waals surface area contributed by atoms with Gasteiger partial charge in [-0.05, 0) is 37.8 Å². The molecular weight excluding hydrogens is 290 g/mol. The van der Waals surface area contributed by atoms with Gasteiger partial charge in [-0.15, -0.1) is 5.10 Å². The van der Waals surface area contributed by atoms with Crippen molar-refractivity contribution >= 4 is 11.6 Å². The third-order valence-corrected chi connectivity index (χ3v) is 4.21. The first-order valence-corrected chi connectivity index (χ1v) is 8.05. The molecule has 0 bridgehead atoms. The van der Waals surface area contributed by atoms with Crippen LogP contribution in [0.5, 0.6) is 0 Å². The second-order valence-corrected chi connectivity index (χ2v) is 5.59. The van der Waals surface area contributed by atoms with E-state index in [2.05, 4.69) is 29.5 Å². The highest BCUT2D eigenvalue weighted by molar-refractivity contribution is 5.95. The highest BCUT2D eigenvalue weighted by atomic mass is 16.2. The number of carbonyl (C=O) groups excluding carboxylic acids is 1. The van der Waals surface area contributed by atoms with E-state index in [1.165, 1.54) is 0 Å². The van der Waals surface area contributed by atoms with Crippen molar-refractivity contribution in [1.82, 2.24) is 15.0 Å². The van der Waals surface area contributed by atoms with E-state index in [4.69, 9.17) is 5.73 Å². The van der Waals surface area contributed by atoms with Crippen LogP contribution in [0.4, 0.5) is 5.69 Å². The maximum absolute atomic E-state index is 12.7. The number of nitrogens with zero attached hydrogens (tertiary/aromatic N) is 3. The van der Waals surface area contributed by atoms with Crippen molar-refractivity contribution in [2.75, 3.05) is 5.32 Å². The molecule has 0 aliphatic heterocycles. The summed E-state index contributed by atoms with van der Waals surface area (Å²) in [6.45, 7) is 8.19. The molecule has 124 valence electrons. The molecule has 6 heteroatoms. The summed E-state index contributed by atoms with van der Waals surface area (Å²) in [5, 5.41) is 11.2. The zero-order chi connectivity index (χ0) is 17.0. The second kappa shape index (κ2) is 7.37. The smallest absolute Gasteiger partial charge is 0.249 e. The minimum absolute atomic E-state index is 0.0998. The number of amides is 1. The third kappa shape index (κ3) is 3.42. The lowest BCUT2D eigenvalue weighted by molar-refractivity contribution is -0.119. The molecule has 2 aromatic rings. The van der Waals surface area contributed by atoms with Gasteiger partial charge in [0.15, 0.2) is 0 Å². The number of anilines is 1. The van der Waals surface area contributed by atoms with Crippen LogP contribution in [0.1, 0.15) is 49.3 Å². The van der Waals surface area contributed by atoms with Crippen LogP contribution < -0.4 is 11.1 Å². The van der Waals surface area contributed by atoms with Crippen molar-refractivity contribution < 1.29 is 4.79 Å². The van der Waals surface area contributed by atoms with Crippen molar-refractivity contribution in [1.29, 1.82) is 0 Å². The van der Waals surface area contributed by atoms with E-state index in [1.807, 2.05) is 32.0 Å². The molecule has 0 spiro atoms. The Bertz CT molecular complexity index is 670. The summed E-state index contributed by atoms with van der Waals surface area (Å²) >= 11 is 0.